The van der Waals surface area contributed by atoms with Crippen LogP contribution in [0.15, 0.2) is 54.9 Å². The monoisotopic (exact) mass is 405 g/mol. The van der Waals surface area contributed by atoms with Gasteiger partial charge < -0.3 is 15.1 Å². The molecule has 30 heavy (non-hydrogen) atoms. The molecule has 0 amide bonds. The lowest BCUT2D eigenvalue weighted by molar-refractivity contribution is 0.343. The van der Waals surface area contributed by atoms with Crippen molar-refractivity contribution in [2.75, 3.05) is 36.5 Å². The average Bonchev–Trinajstić information content (AvgIpc) is 3.28. The molecule has 3 heterocycles. The highest BCUT2D eigenvalue weighted by molar-refractivity contribution is 5.84. The van der Waals surface area contributed by atoms with Crippen LogP contribution in [-0.4, -0.2) is 42.5 Å². The smallest absolute Gasteiger partial charge is 0.123 e. The standard InChI is InChI=1S/C24H28FN5/c1-17-15-29(21-6-4-20(25)5-7-21)24-13-18(3-8-23(24)28(17)2)19-14-27-30(16-19)22-9-11-26-12-10-22/h3-8,13-14,16-17,22,26H,9-12,15H2,1-2H3/t17-/m0/s1. The number of nitrogens with zero attached hydrogens (tertiary/aromatic N) is 4. The Morgan fingerprint density at radius 3 is 2.53 bits per heavy atom. The van der Waals surface area contributed by atoms with Gasteiger partial charge in [0.15, 0.2) is 0 Å². The molecule has 2 aliphatic rings. The minimum atomic E-state index is -0.208. The van der Waals surface area contributed by atoms with E-state index in [0.29, 0.717) is 12.1 Å². The number of nitrogens with one attached hydrogen (secondary N) is 1. The number of hydrogen-bond donors (Lipinski definition) is 1. The van der Waals surface area contributed by atoms with Gasteiger partial charge in [0.25, 0.3) is 0 Å². The molecular weight excluding hydrogens is 377 g/mol. The van der Waals surface area contributed by atoms with Crippen molar-refractivity contribution in [1.29, 1.82) is 0 Å². The van der Waals surface area contributed by atoms with Crippen LogP contribution >= 0.6 is 0 Å². The first-order valence-electron chi connectivity index (χ1n) is 10.8. The first-order chi connectivity index (χ1) is 14.6. The summed E-state index contributed by atoms with van der Waals surface area (Å²) in [5, 5.41) is 8.08. The summed E-state index contributed by atoms with van der Waals surface area (Å²) in [5.41, 5.74) is 5.64. The molecule has 0 spiro atoms. The normalized spacial score (nSPS) is 19.8. The van der Waals surface area contributed by atoms with E-state index in [1.165, 1.54) is 17.8 Å². The Morgan fingerprint density at radius 2 is 1.77 bits per heavy atom. The first-order valence-corrected chi connectivity index (χ1v) is 10.8. The first kappa shape index (κ1) is 19.1. The molecule has 0 unspecified atom stereocenters. The van der Waals surface area contributed by atoms with Crippen molar-refractivity contribution in [2.24, 2.45) is 0 Å². The third-order valence-corrected chi connectivity index (χ3v) is 6.51. The fourth-order valence-corrected chi connectivity index (χ4v) is 4.56. The molecular formula is C24H28FN5. The Bertz CT molecular complexity index is 1020. The van der Waals surface area contributed by atoms with E-state index < -0.39 is 0 Å². The van der Waals surface area contributed by atoms with Crippen LogP contribution in [0.5, 0.6) is 0 Å². The second-order valence-electron chi connectivity index (χ2n) is 8.44. The van der Waals surface area contributed by atoms with E-state index in [0.717, 1.165) is 55.0 Å². The topological polar surface area (TPSA) is 36.3 Å². The van der Waals surface area contributed by atoms with Crippen LogP contribution in [0.3, 0.4) is 0 Å². The zero-order chi connectivity index (χ0) is 20.7. The van der Waals surface area contributed by atoms with Crippen molar-refractivity contribution in [2.45, 2.75) is 31.8 Å². The molecule has 3 aromatic rings. The molecule has 1 N–H and O–H groups in total. The van der Waals surface area contributed by atoms with Crippen molar-refractivity contribution in [3.05, 3.63) is 60.7 Å². The van der Waals surface area contributed by atoms with Crippen LogP contribution in [0.4, 0.5) is 21.5 Å². The number of hydrogen-bond acceptors (Lipinski definition) is 4. The number of halogens is 1. The summed E-state index contributed by atoms with van der Waals surface area (Å²) in [5.74, 6) is -0.208. The Hall–Kier alpha value is -2.86. The molecule has 5 rings (SSSR count). The largest absolute Gasteiger partial charge is 0.368 e. The van der Waals surface area contributed by atoms with Gasteiger partial charge in [0.1, 0.15) is 5.82 Å². The van der Waals surface area contributed by atoms with E-state index in [1.54, 1.807) is 0 Å². The number of piperidine rings is 1. The Morgan fingerprint density at radius 1 is 1.00 bits per heavy atom. The fourth-order valence-electron chi connectivity index (χ4n) is 4.56. The van der Waals surface area contributed by atoms with Crippen molar-refractivity contribution in [1.82, 2.24) is 15.1 Å². The number of fused-ring (bicyclic) bond motifs is 1. The molecule has 156 valence electrons. The molecule has 1 aromatic heterocycles. The van der Waals surface area contributed by atoms with Gasteiger partial charge in [0.05, 0.1) is 23.6 Å². The van der Waals surface area contributed by atoms with Gasteiger partial charge in [-0.3, -0.25) is 4.68 Å². The number of rotatable bonds is 3. The molecule has 1 saturated heterocycles. The maximum atomic E-state index is 13.5. The summed E-state index contributed by atoms with van der Waals surface area (Å²) in [6.07, 6.45) is 6.38. The van der Waals surface area contributed by atoms with E-state index in [2.05, 4.69) is 63.3 Å². The summed E-state index contributed by atoms with van der Waals surface area (Å²) < 4.78 is 15.6. The van der Waals surface area contributed by atoms with E-state index in [1.807, 2.05) is 18.3 Å². The van der Waals surface area contributed by atoms with Gasteiger partial charge >= 0.3 is 0 Å². The van der Waals surface area contributed by atoms with Crippen LogP contribution in [0.1, 0.15) is 25.8 Å². The van der Waals surface area contributed by atoms with Crippen LogP contribution in [0.2, 0.25) is 0 Å². The average molecular weight is 406 g/mol. The highest BCUT2D eigenvalue weighted by Gasteiger charge is 2.27. The van der Waals surface area contributed by atoms with Crippen molar-refractivity contribution < 1.29 is 4.39 Å². The molecule has 2 aliphatic heterocycles. The van der Waals surface area contributed by atoms with Crippen LogP contribution in [0.25, 0.3) is 11.1 Å². The Balaban J connectivity index is 1.51. The summed E-state index contributed by atoms with van der Waals surface area (Å²) in [4.78, 5) is 4.61. The zero-order valence-corrected chi connectivity index (χ0v) is 17.6. The van der Waals surface area contributed by atoms with Crippen molar-refractivity contribution >= 4 is 17.1 Å². The van der Waals surface area contributed by atoms with E-state index >= 15 is 0 Å². The van der Waals surface area contributed by atoms with Gasteiger partial charge in [-0.15, -0.1) is 0 Å². The summed E-state index contributed by atoms with van der Waals surface area (Å²) >= 11 is 0. The minimum absolute atomic E-state index is 0.208. The third-order valence-electron chi connectivity index (χ3n) is 6.51. The van der Waals surface area contributed by atoms with E-state index in [-0.39, 0.29) is 5.82 Å². The number of anilines is 3. The van der Waals surface area contributed by atoms with E-state index in [9.17, 15) is 4.39 Å². The molecule has 1 fully saturated rings. The molecule has 2 aromatic carbocycles. The summed E-state index contributed by atoms with van der Waals surface area (Å²) in [7, 11) is 2.14. The molecule has 6 heteroatoms. The predicted octanol–water partition coefficient (Wildman–Crippen LogP) is 4.59. The number of benzene rings is 2. The lowest BCUT2D eigenvalue weighted by atomic mass is 10.0. The zero-order valence-electron chi connectivity index (χ0n) is 17.6. The lowest BCUT2D eigenvalue weighted by Crippen LogP contribution is -2.43. The second-order valence-corrected chi connectivity index (χ2v) is 8.44. The maximum absolute atomic E-state index is 13.5. The van der Waals surface area contributed by atoms with Crippen LogP contribution in [0, 0.1) is 5.82 Å². The lowest BCUT2D eigenvalue weighted by Gasteiger charge is -2.41. The van der Waals surface area contributed by atoms with Crippen molar-refractivity contribution in [3.63, 3.8) is 0 Å². The quantitative estimate of drug-likeness (QED) is 0.691. The Kier molecular flexibility index (Phi) is 4.95. The molecule has 5 nitrogen and oxygen atoms in total. The van der Waals surface area contributed by atoms with E-state index in [4.69, 9.17) is 0 Å². The number of likely N-dealkylation sites (N-methyl/N-ethyl adjacent to an activating group) is 1. The second kappa shape index (κ2) is 7.76. The molecule has 0 bridgehead atoms. The molecule has 0 radical (unpaired) electrons. The predicted molar refractivity (Wildman–Crippen MR) is 120 cm³/mol. The van der Waals surface area contributed by atoms with Gasteiger partial charge in [-0.05, 0) is 74.8 Å². The van der Waals surface area contributed by atoms with Gasteiger partial charge in [-0.1, -0.05) is 6.07 Å². The SMILES string of the molecule is C[C@H]1CN(c2ccc(F)cc2)c2cc(-c3cnn(C4CCNCC4)c3)ccc2N1C. The summed E-state index contributed by atoms with van der Waals surface area (Å²) in [6.45, 7) is 5.18. The molecule has 0 aliphatic carbocycles. The van der Waals surface area contributed by atoms with Crippen molar-refractivity contribution in [3.8, 4) is 11.1 Å². The van der Waals surface area contributed by atoms with Gasteiger partial charge in [0.2, 0.25) is 0 Å². The maximum Gasteiger partial charge on any atom is 0.123 e. The number of aromatic nitrogens is 2. The van der Waals surface area contributed by atoms with Gasteiger partial charge in [-0.25, -0.2) is 4.39 Å². The highest BCUT2D eigenvalue weighted by Crippen LogP contribution is 2.41. The van der Waals surface area contributed by atoms with Gasteiger partial charge in [-0.2, -0.15) is 5.10 Å². The van der Waals surface area contributed by atoms with Crippen LogP contribution < -0.4 is 15.1 Å². The Labute approximate surface area is 177 Å². The molecule has 0 saturated carbocycles. The third kappa shape index (κ3) is 3.45. The van der Waals surface area contributed by atoms with Gasteiger partial charge in [0, 0.05) is 37.1 Å². The fraction of sp³-hybridized carbons (Fsp3) is 0.375. The van der Waals surface area contributed by atoms with Crippen LogP contribution in [-0.2, 0) is 0 Å². The minimum Gasteiger partial charge on any atom is -0.368 e. The highest BCUT2D eigenvalue weighted by atomic mass is 19.1. The molecule has 1 atom stereocenters. The summed E-state index contributed by atoms with van der Waals surface area (Å²) in [6, 6.07) is 14.2.